The Hall–Kier alpha value is -3.41. The molecule has 4 nitrogen and oxygen atoms in total. The fraction of sp³-hybridized carbons (Fsp3) is 0.258. The largest absolute Gasteiger partial charge is 0.497 e. The maximum Gasteiger partial charge on any atom is 0.303 e. The van der Waals surface area contributed by atoms with Crippen molar-refractivity contribution in [3.05, 3.63) is 101 Å². The molecule has 6 heteroatoms. The Morgan fingerprint density at radius 1 is 1.00 bits per heavy atom. The van der Waals surface area contributed by atoms with Crippen molar-refractivity contribution in [3.8, 4) is 16.9 Å². The number of hydrogen-bond donors (Lipinski definition) is 2. The molecule has 0 fully saturated rings. The van der Waals surface area contributed by atoms with E-state index in [4.69, 9.17) is 9.84 Å². The summed E-state index contributed by atoms with van der Waals surface area (Å²) in [6.07, 6.45) is 0.939. The minimum atomic E-state index is -0.936. The molecular formula is C31H33ClFNO3. The van der Waals surface area contributed by atoms with Crippen molar-refractivity contribution in [2.24, 2.45) is 0 Å². The highest BCUT2D eigenvalue weighted by molar-refractivity contribution is 5.97. The maximum absolute atomic E-state index is 14.5. The Balaban J connectivity index is 0.00000380. The van der Waals surface area contributed by atoms with Gasteiger partial charge in [-0.25, -0.2) is 4.39 Å². The van der Waals surface area contributed by atoms with Crippen LogP contribution in [0.3, 0.4) is 0 Å². The van der Waals surface area contributed by atoms with Gasteiger partial charge in [0, 0.05) is 18.5 Å². The minimum Gasteiger partial charge on any atom is -0.497 e. The predicted octanol–water partition coefficient (Wildman–Crippen LogP) is 7.90. The van der Waals surface area contributed by atoms with Crippen LogP contribution in [0.2, 0.25) is 0 Å². The molecule has 0 saturated heterocycles. The van der Waals surface area contributed by atoms with Crippen LogP contribution in [0, 0.1) is 5.82 Å². The number of halogens is 2. The molecule has 0 aliphatic rings. The number of carbonyl (C=O) groups is 1. The van der Waals surface area contributed by atoms with E-state index in [0.29, 0.717) is 5.56 Å². The second kappa shape index (κ2) is 12.7. The SMILES string of the molecule is CCC(N[C@H](C)c1cccc(OC)c1)c1cc(-c2ccc(F)c(CCC(=O)O)c2)c2ccccc2c1.Cl. The lowest BCUT2D eigenvalue weighted by atomic mass is 9.91. The van der Waals surface area contributed by atoms with Gasteiger partial charge in [0.25, 0.3) is 0 Å². The van der Waals surface area contributed by atoms with Crippen LogP contribution < -0.4 is 10.1 Å². The van der Waals surface area contributed by atoms with Gasteiger partial charge in [-0.2, -0.15) is 0 Å². The Labute approximate surface area is 223 Å². The van der Waals surface area contributed by atoms with Crippen molar-refractivity contribution in [2.75, 3.05) is 7.11 Å². The number of benzene rings is 4. The second-order valence-electron chi connectivity index (χ2n) is 9.12. The topological polar surface area (TPSA) is 58.6 Å². The molecule has 0 bridgehead atoms. The highest BCUT2D eigenvalue weighted by atomic mass is 35.5. The Kier molecular flexibility index (Phi) is 9.67. The first-order chi connectivity index (χ1) is 17.4. The summed E-state index contributed by atoms with van der Waals surface area (Å²) in [6.45, 7) is 4.31. The van der Waals surface area contributed by atoms with Crippen molar-refractivity contribution < 1.29 is 19.0 Å². The van der Waals surface area contributed by atoms with Crippen molar-refractivity contribution in [2.45, 2.75) is 45.2 Å². The molecule has 0 aliphatic heterocycles. The van der Waals surface area contributed by atoms with Gasteiger partial charge in [-0.3, -0.25) is 4.79 Å². The molecule has 2 atom stereocenters. The molecule has 194 valence electrons. The van der Waals surface area contributed by atoms with E-state index in [1.165, 1.54) is 6.07 Å². The van der Waals surface area contributed by atoms with E-state index in [1.54, 1.807) is 19.2 Å². The van der Waals surface area contributed by atoms with Gasteiger partial charge in [0.2, 0.25) is 0 Å². The fourth-order valence-electron chi connectivity index (χ4n) is 4.71. The van der Waals surface area contributed by atoms with Crippen LogP contribution in [0.15, 0.2) is 78.9 Å². The van der Waals surface area contributed by atoms with Crippen LogP contribution in [-0.2, 0) is 11.2 Å². The molecule has 0 aliphatic carbocycles. The third-order valence-corrected chi connectivity index (χ3v) is 6.70. The Morgan fingerprint density at radius 2 is 1.78 bits per heavy atom. The van der Waals surface area contributed by atoms with Gasteiger partial charge < -0.3 is 15.2 Å². The van der Waals surface area contributed by atoms with Crippen molar-refractivity contribution in [1.82, 2.24) is 5.32 Å². The zero-order valence-electron chi connectivity index (χ0n) is 21.3. The molecule has 0 radical (unpaired) electrons. The quantitative estimate of drug-likeness (QED) is 0.223. The van der Waals surface area contributed by atoms with Gasteiger partial charge in [-0.15, -0.1) is 12.4 Å². The van der Waals surface area contributed by atoms with Gasteiger partial charge in [0.1, 0.15) is 11.6 Å². The molecule has 4 aromatic rings. The van der Waals surface area contributed by atoms with Crippen LogP contribution in [0.1, 0.15) is 55.5 Å². The number of nitrogens with one attached hydrogen (secondary N) is 1. The van der Waals surface area contributed by atoms with E-state index in [9.17, 15) is 9.18 Å². The first-order valence-electron chi connectivity index (χ1n) is 12.3. The molecule has 4 aromatic carbocycles. The third-order valence-electron chi connectivity index (χ3n) is 6.70. The summed E-state index contributed by atoms with van der Waals surface area (Å²) in [5.41, 5.74) is 4.61. The molecule has 4 rings (SSSR count). The molecule has 0 spiro atoms. The summed E-state index contributed by atoms with van der Waals surface area (Å²) in [5, 5.41) is 15.0. The zero-order chi connectivity index (χ0) is 25.7. The lowest BCUT2D eigenvalue weighted by Gasteiger charge is -2.25. The number of hydrogen-bond acceptors (Lipinski definition) is 3. The molecule has 2 N–H and O–H groups in total. The Morgan fingerprint density at radius 3 is 2.51 bits per heavy atom. The summed E-state index contributed by atoms with van der Waals surface area (Å²) in [5.74, 6) is -0.479. The molecule has 1 unspecified atom stereocenters. The zero-order valence-corrected chi connectivity index (χ0v) is 22.1. The number of carboxylic acid groups (broad SMARTS) is 1. The highest BCUT2D eigenvalue weighted by Gasteiger charge is 2.18. The average Bonchev–Trinajstić information content (AvgIpc) is 2.90. The maximum atomic E-state index is 14.5. The minimum absolute atomic E-state index is 0. The molecule has 0 amide bonds. The third kappa shape index (κ3) is 6.68. The van der Waals surface area contributed by atoms with E-state index in [0.717, 1.165) is 45.2 Å². The molecule has 0 saturated carbocycles. The van der Waals surface area contributed by atoms with Crippen molar-refractivity contribution in [3.63, 3.8) is 0 Å². The fourth-order valence-corrected chi connectivity index (χ4v) is 4.71. The highest BCUT2D eigenvalue weighted by Crippen LogP contribution is 2.35. The number of aryl methyl sites for hydroxylation is 1. The van der Waals surface area contributed by atoms with Crippen LogP contribution in [0.5, 0.6) is 5.75 Å². The van der Waals surface area contributed by atoms with Gasteiger partial charge >= 0.3 is 5.97 Å². The number of rotatable bonds is 10. The smallest absolute Gasteiger partial charge is 0.303 e. The second-order valence-corrected chi connectivity index (χ2v) is 9.12. The van der Waals surface area contributed by atoms with E-state index in [2.05, 4.69) is 49.5 Å². The first-order valence-corrected chi connectivity index (χ1v) is 12.3. The summed E-state index contributed by atoms with van der Waals surface area (Å²) in [6, 6.07) is 25.9. The van der Waals surface area contributed by atoms with Crippen molar-refractivity contribution >= 4 is 29.1 Å². The number of methoxy groups -OCH3 is 1. The van der Waals surface area contributed by atoms with Gasteiger partial charge in [-0.05, 0) is 94.8 Å². The molecule has 0 heterocycles. The van der Waals surface area contributed by atoms with Gasteiger partial charge in [0.15, 0.2) is 0 Å². The number of ether oxygens (including phenoxy) is 1. The van der Waals surface area contributed by atoms with Gasteiger partial charge in [0.05, 0.1) is 7.11 Å². The summed E-state index contributed by atoms with van der Waals surface area (Å²) < 4.78 is 19.9. The normalized spacial score (nSPS) is 12.5. The summed E-state index contributed by atoms with van der Waals surface area (Å²) in [7, 11) is 1.67. The average molecular weight is 522 g/mol. The standard InChI is InChI=1S/C31H32FNO3.ClH/c1-4-30(33-20(2)21-9-7-10-26(18-21)36-3)25-17-22-8-5-6-11-27(22)28(19-25)23-12-14-29(32)24(16-23)13-15-31(34)35;/h5-12,14,16-20,30,33H,4,13,15H2,1-3H3,(H,34,35);1H/t20-,30?;/m1./s1. The van der Waals surface area contributed by atoms with E-state index in [1.807, 2.05) is 30.3 Å². The lowest BCUT2D eigenvalue weighted by Crippen LogP contribution is -2.24. The van der Waals surface area contributed by atoms with Crippen LogP contribution in [0.25, 0.3) is 21.9 Å². The van der Waals surface area contributed by atoms with Crippen molar-refractivity contribution in [1.29, 1.82) is 0 Å². The number of fused-ring (bicyclic) bond motifs is 1. The number of carboxylic acids is 1. The van der Waals surface area contributed by atoms with Gasteiger partial charge in [-0.1, -0.05) is 49.4 Å². The number of aliphatic carboxylic acids is 1. The van der Waals surface area contributed by atoms with E-state index >= 15 is 0 Å². The summed E-state index contributed by atoms with van der Waals surface area (Å²) >= 11 is 0. The van der Waals surface area contributed by atoms with Crippen LogP contribution in [-0.4, -0.2) is 18.2 Å². The predicted molar refractivity (Wildman–Crippen MR) is 150 cm³/mol. The van der Waals surface area contributed by atoms with E-state index < -0.39 is 5.97 Å². The molecule has 37 heavy (non-hydrogen) atoms. The molecular weight excluding hydrogens is 489 g/mol. The Bertz CT molecular complexity index is 1370. The molecule has 0 aromatic heterocycles. The summed E-state index contributed by atoms with van der Waals surface area (Å²) in [4.78, 5) is 11.1. The monoisotopic (exact) mass is 521 g/mol. The van der Waals surface area contributed by atoms with Crippen LogP contribution >= 0.6 is 12.4 Å². The lowest BCUT2D eigenvalue weighted by molar-refractivity contribution is -0.136. The van der Waals surface area contributed by atoms with E-state index in [-0.39, 0.29) is 43.1 Å². The van der Waals surface area contributed by atoms with Crippen LogP contribution in [0.4, 0.5) is 4.39 Å². The first kappa shape index (κ1) is 28.2.